The molecule has 0 aliphatic carbocycles. The number of amides is 1. The molecule has 1 aliphatic rings. The summed E-state index contributed by atoms with van der Waals surface area (Å²) in [6, 6.07) is 15.6. The second-order valence-electron chi connectivity index (χ2n) is 8.03. The van der Waals surface area contributed by atoms with Crippen molar-refractivity contribution in [1.82, 2.24) is 15.3 Å². The number of nitrogens with zero attached hydrogens (tertiary/aromatic N) is 3. The van der Waals surface area contributed by atoms with Crippen LogP contribution in [0.15, 0.2) is 53.6 Å². The van der Waals surface area contributed by atoms with Gasteiger partial charge in [-0.25, -0.2) is 9.97 Å². The van der Waals surface area contributed by atoms with Gasteiger partial charge in [0, 0.05) is 24.7 Å². The minimum atomic E-state index is 0.00661. The number of benzene rings is 2. The zero-order chi connectivity index (χ0) is 21.6. The van der Waals surface area contributed by atoms with Crippen LogP contribution in [0.5, 0.6) is 0 Å². The van der Waals surface area contributed by atoms with Crippen molar-refractivity contribution in [3.8, 4) is 0 Å². The van der Waals surface area contributed by atoms with Crippen molar-refractivity contribution in [2.75, 3.05) is 30.3 Å². The normalized spacial score (nSPS) is 14.7. The first-order valence-corrected chi connectivity index (χ1v) is 12.1. The van der Waals surface area contributed by atoms with Gasteiger partial charge in [0.15, 0.2) is 5.82 Å². The van der Waals surface area contributed by atoms with Crippen LogP contribution < -0.4 is 10.2 Å². The number of halogens is 1. The average Bonchev–Trinajstić information content (AvgIpc) is 2.79. The van der Waals surface area contributed by atoms with Gasteiger partial charge in [0.25, 0.3) is 0 Å². The van der Waals surface area contributed by atoms with Crippen LogP contribution in [0.3, 0.4) is 0 Å². The van der Waals surface area contributed by atoms with Crippen molar-refractivity contribution >= 4 is 46.1 Å². The van der Waals surface area contributed by atoms with Crippen molar-refractivity contribution in [3.05, 3.63) is 59.1 Å². The topological polar surface area (TPSA) is 58.1 Å². The molecule has 0 bridgehead atoms. The second-order valence-corrected chi connectivity index (χ2v) is 9.43. The van der Waals surface area contributed by atoms with Crippen molar-refractivity contribution in [2.24, 2.45) is 5.92 Å². The number of hydrogen-bond acceptors (Lipinski definition) is 5. The molecule has 0 radical (unpaired) electrons. The number of aromatic nitrogens is 2. The molecule has 3 aromatic rings. The summed E-state index contributed by atoms with van der Waals surface area (Å²) in [6.07, 6.45) is 3.09. The molecule has 0 atom stereocenters. The number of anilines is 1. The molecule has 1 aliphatic heterocycles. The second kappa shape index (κ2) is 10.3. The number of piperidine rings is 1. The van der Waals surface area contributed by atoms with Gasteiger partial charge >= 0.3 is 0 Å². The molecule has 31 heavy (non-hydrogen) atoms. The maximum atomic E-state index is 12.4. The molecule has 1 N–H and O–H groups in total. The fourth-order valence-electron chi connectivity index (χ4n) is 3.68. The van der Waals surface area contributed by atoms with Crippen LogP contribution in [0.25, 0.3) is 11.0 Å². The Hall–Kier alpha value is -2.31. The molecule has 5 nitrogen and oxygen atoms in total. The van der Waals surface area contributed by atoms with E-state index in [-0.39, 0.29) is 5.91 Å². The van der Waals surface area contributed by atoms with E-state index in [1.165, 1.54) is 11.8 Å². The van der Waals surface area contributed by atoms with Crippen LogP contribution in [-0.2, 0) is 11.2 Å². The Morgan fingerprint density at radius 2 is 1.77 bits per heavy atom. The number of hydrogen-bond donors (Lipinski definition) is 1. The standard InChI is InChI=1S/C24H27ClN4OS/c1-17-11-14-29(15-12-17)23-24(28-21-5-3-2-4-20(21)27-23)31-16-22(30)26-13-10-18-6-8-19(25)9-7-18/h2-9,17H,10-16H2,1H3,(H,26,30). The Balaban J connectivity index is 1.40. The monoisotopic (exact) mass is 454 g/mol. The van der Waals surface area contributed by atoms with Gasteiger partial charge in [-0.15, -0.1) is 0 Å². The maximum absolute atomic E-state index is 12.4. The number of rotatable bonds is 7. The van der Waals surface area contributed by atoms with Crippen molar-refractivity contribution in [1.29, 1.82) is 0 Å². The molecule has 1 amide bonds. The first-order chi connectivity index (χ1) is 15.1. The quantitative estimate of drug-likeness (QED) is 0.511. The molecule has 162 valence electrons. The van der Waals surface area contributed by atoms with Gasteiger partial charge in [-0.2, -0.15) is 0 Å². The van der Waals surface area contributed by atoms with Crippen LogP contribution >= 0.6 is 23.4 Å². The van der Waals surface area contributed by atoms with Crippen LogP contribution in [-0.4, -0.2) is 41.3 Å². The fourth-order valence-corrected chi connectivity index (χ4v) is 4.64. The SMILES string of the molecule is CC1CCN(c2nc3ccccc3nc2SCC(=O)NCCc2ccc(Cl)cc2)CC1. The van der Waals surface area contributed by atoms with E-state index in [2.05, 4.69) is 17.1 Å². The van der Waals surface area contributed by atoms with E-state index >= 15 is 0 Å². The number of para-hydroxylation sites is 2. The van der Waals surface area contributed by atoms with Gasteiger partial charge in [0.05, 0.1) is 16.8 Å². The van der Waals surface area contributed by atoms with Gasteiger partial charge in [-0.05, 0) is 55.0 Å². The molecule has 1 fully saturated rings. The van der Waals surface area contributed by atoms with Crippen molar-refractivity contribution in [3.63, 3.8) is 0 Å². The molecule has 2 aromatic carbocycles. The highest BCUT2D eigenvalue weighted by atomic mass is 35.5. The highest BCUT2D eigenvalue weighted by molar-refractivity contribution is 8.00. The molecule has 0 saturated carbocycles. The zero-order valence-corrected chi connectivity index (χ0v) is 19.3. The third-order valence-corrected chi connectivity index (χ3v) is 6.80. The fraction of sp³-hybridized carbons (Fsp3) is 0.375. The van der Waals surface area contributed by atoms with Gasteiger partial charge in [-0.3, -0.25) is 4.79 Å². The molecular weight excluding hydrogens is 428 g/mol. The molecule has 0 spiro atoms. The average molecular weight is 455 g/mol. The summed E-state index contributed by atoms with van der Waals surface area (Å²) in [7, 11) is 0. The Morgan fingerprint density at radius 3 is 2.48 bits per heavy atom. The van der Waals surface area contributed by atoms with E-state index in [9.17, 15) is 4.79 Å². The summed E-state index contributed by atoms with van der Waals surface area (Å²) in [5.74, 6) is 1.98. The largest absolute Gasteiger partial charge is 0.355 e. The Labute approximate surface area is 192 Å². The lowest BCUT2D eigenvalue weighted by Gasteiger charge is -2.32. The summed E-state index contributed by atoms with van der Waals surface area (Å²) in [6.45, 7) is 4.86. The summed E-state index contributed by atoms with van der Waals surface area (Å²) >= 11 is 7.39. The van der Waals surface area contributed by atoms with Gasteiger partial charge in [0.2, 0.25) is 5.91 Å². The summed E-state index contributed by atoms with van der Waals surface area (Å²) < 4.78 is 0. The lowest BCUT2D eigenvalue weighted by atomic mass is 9.99. The first-order valence-electron chi connectivity index (χ1n) is 10.7. The third-order valence-electron chi connectivity index (χ3n) is 5.59. The predicted octanol–water partition coefficient (Wildman–Crippen LogP) is 4.97. The van der Waals surface area contributed by atoms with Crippen LogP contribution in [0.1, 0.15) is 25.3 Å². The smallest absolute Gasteiger partial charge is 0.230 e. The van der Waals surface area contributed by atoms with E-state index in [0.29, 0.717) is 12.3 Å². The molecule has 1 saturated heterocycles. The number of thioether (sulfide) groups is 1. The molecule has 2 heterocycles. The minimum Gasteiger partial charge on any atom is -0.355 e. The predicted molar refractivity (Wildman–Crippen MR) is 129 cm³/mol. The number of carbonyl (C=O) groups is 1. The van der Waals surface area contributed by atoms with Gasteiger partial charge in [-0.1, -0.05) is 54.6 Å². The Kier molecular flexibility index (Phi) is 7.30. The van der Waals surface area contributed by atoms with Crippen LogP contribution in [0.4, 0.5) is 5.82 Å². The maximum Gasteiger partial charge on any atom is 0.230 e. The molecular formula is C24H27ClN4OS. The number of nitrogens with one attached hydrogen (secondary N) is 1. The van der Waals surface area contributed by atoms with E-state index < -0.39 is 0 Å². The van der Waals surface area contributed by atoms with E-state index in [1.54, 1.807) is 0 Å². The van der Waals surface area contributed by atoms with Gasteiger partial charge < -0.3 is 10.2 Å². The highest BCUT2D eigenvalue weighted by Gasteiger charge is 2.22. The van der Waals surface area contributed by atoms with Gasteiger partial charge in [0.1, 0.15) is 5.03 Å². The summed E-state index contributed by atoms with van der Waals surface area (Å²) in [4.78, 5) is 24.5. The molecule has 4 rings (SSSR count). The van der Waals surface area contributed by atoms with Crippen molar-refractivity contribution < 1.29 is 4.79 Å². The third kappa shape index (κ3) is 5.89. The summed E-state index contributed by atoms with van der Waals surface area (Å²) in [5.41, 5.74) is 2.91. The first kappa shape index (κ1) is 21.9. The number of fused-ring (bicyclic) bond motifs is 1. The minimum absolute atomic E-state index is 0.00661. The van der Waals surface area contributed by atoms with Crippen LogP contribution in [0.2, 0.25) is 5.02 Å². The summed E-state index contributed by atoms with van der Waals surface area (Å²) in [5, 5.41) is 4.56. The lowest BCUT2D eigenvalue weighted by molar-refractivity contribution is -0.118. The molecule has 1 aromatic heterocycles. The van der Waals surface area contributed by atoms with Crippen LogP contribution in [0, 0.1) is 5.92 Å². The highest BCUT2D eigenvalue weighted by Crippen LogP contribution is 2.31. The molecule has 7 heteroatoms. The molecule has 0 unspecified atom stereocenters. The Morgan fingerprint density at radius 1 is 1.10 bits per heavy atom. The lowest BCUT2D eigenvalue weighted by Crippen LogP contribution is -2.34. The Bertz CT molecular complexity index is 1040. The zero-order valence-electron chi connectivity index (χ0n) is 17.7. The number of carbonyl (C=O) groups excluding carboxylic acids is 1. The van der Waals surface area contributed by atoms with E-state index in [0.717, 1.165) is 70.7 Å². The van der Waals surface area contributed by atoms with E-state index in [4.69, 9.17) is 21.6 Å². The van der Waals surface area contributed by atoms with E-state index in [1.807, 2.05) is 48.5 Å². The van der Waals surface area contributed by atoms with Crippen molar-refractivity contribution in [2.45, 2.75) is 31.2 Å².